The predicted molar refractivity (Wildman–Crippen MR) is 218 cm³/mol. The minimum atomic E-state index is -0.626. The van der Waals surface area contributed by atoms with E-state index in [0.717, 1.165) is 61.2 Å². The number of ether oxygens (including phenoxy) is 8. The first-order valence-corrected chi connectivity index (χ1v) is 23.1. The molecule has 17 atom stereocenters. The fourth-order valence-corrected chi connectivity index (χ4v) is 13.0. The van der Waals surface area contributed by atoms with E-state index in [1.807, 2.05) is 13.8 Å². The topological polar surface area (TPSA) is 124 Å². The van der Waals surface area contributed by atoms with Crippen LogP contribution in [0.3, 0.4) is 0 Å². The Morgan fingerprint density at radius 3 is 2.33 bits per heavy atom. The number of nitrogens with zero attached hydrogens (tertiary/aromatic N) is 2. The zero-order valence-corrected chi connectivity index (χ0v) is 36.9. The standard InChI is InChI=1S/C45H68N2O10S/c1-10-27-12-11-13-35(57-37-17-16-34(23(3)53-37)47(6)26-14-15-26)22(2)40(49)32-20-30-29-18-28(56-45-43(52-9)42(51-8)41(50-7)24(4)54-45)19-33(29)44-39(46-25(5)58-44)38(30)31(32)21-36(48)55-27/h20,22-24,26-31,33-35,37-38,41-43,45H,10-19,21H2,1-9H3/t22-,23?,24?,27+,28+,29+,30+,31-,33-,34+,35+,37+,38-,41+,42-,43?,45+/m1/s1. The van der Waals surface area contributed by atoms with Gasteiger partial charge in [-0.05, 0) is 109 Å². The maximum Gasteiger partial charge on any atom is 0.306 e. The summed E-state index contributed by atoms with van der Waals surface area (Å²) in [6, 6.07) is 1.05. The molecule has 3 saturated heterocycles. The van der Waals surface area contributed by atoms with Gasteiger partial charge in [0.05, 0.1) is 41.5 Å². The molecule has 0 aromatic carbocycles. The van der Waals surface area contributed by atoms with Crippen molar-refractivity contribution in [2.45, 2.75) is 191 Å². The molecule has 7 aliphatic rings. The number of esters is 1. The van der Waals surface area contributed by atoms with Crippen LogP contribution in [-0.4, -0.2) is 124 Å². The molecule has 1 aromatic heterocycles. The molecule has 5 fully saturated rings. The molecule has 8 rings (SSSR count). The van der Waals surface area contributed by atoms with E-state index in [0.29, 0.717) is 18.5 Å². The number of methoxy groups -OCH3 is 3. The molecule has 0 radical (unpaired) electrons. The van der Waals surface area contributed by atoms with Crippen molar-refractivity contribution in [3.8, 4) is 0 Å². The number of aromatic nitrogens is 1. The van der Waals surface area contributed by atoms with Crippen LogP contribution in [0.25, 0.3) is 0 Å². The van der Waals surface area contributed by atoms with Gasteiger partial charge in [0.1, 0.15) is 24.4 Å². The number of cyclic esters (lactones) is 1. The van der Waals surface area contributed by atoms with Gasteiger partial charge in [0.2, 0.25) is 0 Å². The summed E-state index contributed by atoms with van der Waals surface area (Å²) < 4.78 is 50.4. The fraction of sp³-hybridized carbons (Fsp3) is 0.844. The van der Waals surface area contributed by atoms with Gasteiger partial charge in [-0.15, -0.1) is 11.3 Å². The number of likely N-dealkylation sites (N-methyl/N-ethyl adjacent to an activating group) is 1. The van der Waals surface area contributed by atoms with Gasteiger partial charge in [-0.3, -0.25) is 14.5 Å². The van der Waals surface area contributed by atoms with Gasteiger partial charge >= 0.3 is 5.97 Å². The van der Waals surface area contributed by atoms with Crippen molar-refractivity contribution in [2.24, 2.45) is 23.7 Å². The molecule has 0 N–H and O–H groups in total. The summed E-state index contributed by atoms with van der Waals surface area (Å²) in [5, 5.41) is 1.00. The summed E-state index contributed by atoms with van der Waals surface area (Å²) in [6.07, 6.45) is 8.45. The van der Waals surface area contributed by atoms with E-state index in [-0.39, 0.29) is 96.8 Å². The molecule has 13 heteroatoms. The smallest absolute Gasteiger partial charge is 0.306 e. The highest BCUT2D eigenvalue weighted by Crippen LogP contribution is 2.62. The second kappa shape index (κ2) is 17.9. The summed E-state index contributed by atoms with van der Waals surface area (Å²) in [7, 11) is 7.22. The van der Waals surface area contributed by atoms with Gasteiger partial charge in [-0.2, -0.15) is 0 Å². The van der Waals surface area contributed by atoms with Gasteiger partial charge < -0.3 is 37.9 Å². The van der Waals surface area contributed by atoms with Crippen LogP contribution in [0.5, 0.6) is 0 Å². The summed E-state index contributed by atoms with van der Waals surface area (Å²) in [4.78, 5) is 37.9. The van der Waals surface area contributed by atoms with Crippen LogP contribution in [0.2, 0.25) is 0 Å². The summed E-state index contributed by atoms with van der Waals surface area (Å²) in [5.41, 5.74) is 1.78. The monoisotopic (exact) mass is 828 g/mol. The Balaban J connectivity index is 1.06. The number of rotatable bonds is 10. The van der Waals surface area contributed by atoms with E-state index in [9.17, 15) is 4.79 Å². The number of hydrogen-bond donors (Lipinski definition) is 0. The molecule has 4 aliphatic carbocycles. The van der Waals surface area contributed by atoms with Crippen LogP contribution in [-0.2, 0) is 47.5 Å². The first kappa shape index (κ1) is 42.9. The lowest BCUT2D eigenvalue weighted by atomic mass is 9.67. The van der Waals surface area contributed by atoms with Gasteiger partial charge in [0.25, 0.3) is 0 Å². The predicted octanol–water partition coefficient (Wildman–Crippen LogP) is 6.86. The Bertz CT molecular complexity index is 1650. The van der Waals surface area contributed by atoms with E-state index in [2.05, 4.69) is 38.8 Å². The molecule has 58 heavy (non-hydrogen) atoms. The second-order valence-corrected chi connectivity index (χ2v) is 19.7. The zero-order valence-electron chi connectivity index (χ0n) is 36.1. The zero-order chi connectivity index (χ0) is 41.0. The van der Waals surface area contributed by atoms with Crippen LogP contribution >= 0.6 is 11.3 Å². The van der Waals surface area contributed by atoms with E-state index in [1.54, 1.807) is 32.7 Å². The number of hydrogen-bond acceptors (Lipinski definition) is 13. The third-order valence-electron chi connectivity index (χ3n) is 15.0. The number of ketones is 1. The summed E-state index contributed by atoms with van der Waals surface area (Å²) in [5.74, 6) is -0.534. The Labute approximate surface area is 349 Å². The third-order valence-corrected chi connectivity index (χ3v) is 16.1. The van der Waals surface area contributed by atoms with Crippen molar-refractivity contribution in [3.05, 3.63) is 27.2 Å². The molecule has 0 spiro atoms. The molecule has 324 valence electrons. The van der Waals surface area contributed by atoms with Crippen molar-refractivity contribution < 1.29 is 47.5 Å². The van der Waals surface area contributed by atoms with Crippen molar-refractivity contribution in [2.75, 3.05) is 28.4 Å². The Hall–Kier alpha value is -1.81. The second-order valence-electron chi connectivity index (χ2n) is 18.4. The van der Waals surface area contributed by atoms with Gasteiger partial charge in [-0.25, -0.2) is 4.98 Å². The average molecular weight is 829 g/mol. The highest BCUT2D eigenvalue weighted by Gasteiger charge is 2.57. The van der Waals surface area contributed by atoms with Crippen molar-refractivity contribution in [1.82, 2.24) is 9.88 Å². The quantitative estimate of drug-likeness (QED) is 0.229. The molecule has 1 aromatic rings. The molecule has 2 saturated carbocycles. The Morgan fingerprint density at radius 2 is 1.64 bits per heavy atom. The van der Waals surface area contributed by atoms with Crippen LogP contribution < -0.4 is 0 Å². The van der Waals surface area contributed by atoms with Crippen LogP contribution in [0.4, 0.5) is 0 Å². The number of thiazole rings is 1. The largest absolute Gasteiger partial charge is 0.462 e. The van der Waals surface area contributed by atoms with E-state index in [1.165, 1.54) is 17.7 Å². The van der Waals surface area contributed by atoms with Gasteiger partial charge in [-0.1, -0.05) is 19.9 Å². The van der Waals surface area contributed by atoms with Crippen molar-refractivity contribution in [1.29, 1.82) is 0 Å². The van der Waals surface area contributed by atoms with Crippen LogP contribution in [0.1, 0.15) is 126 Å². The number of allylic oxidation sites excluding steroid dienone is 2. The number of fused-ring (bicyclic) bond motifs is 8. The lowest BCUT2D eigenvalue weighted by Gasteiger charge is -2.44. The van der Waals surface area contributed by atoms with Crippen molar-refractivity contribution >= 4 is 23.1 Å². The van der Waals surface area contributed by atoms with Crippen LogP contribution in [0.15, 0.2) is 11.6 Å². The number of carbonyl (C=O) groups excluding carboxylic acids is 2. The number of carbonyl (C=O) groups is 2. The molecule has 12 nitrogen and oxygen atoms in total. The highest BCUT2D eigenvalue weighted by molar-refractivity contribution is 7.11. The SMILES string of the molecule is CC[C@H]1CCC[C@H](O[C@H]2CC[C@H](N(C)C3CC3)C(C)O2)[C@@H](C)C(=O)C2=C[C@H]3[C@@H]4C[C@H](O[C@@H]5OC(C)[C@H](OC)[C@@H](OC)C5OC)C[C@H]4c4sc(C)nc4[C@H]3[C@@H]2CC(=O)O1. The maximum absolute atomic E-state index is 15.1. The molecule has 3 aliphatic heterocycles. The molecular formula is C45H68N2O10S. The van der Waals surface area contributed by atoms with E-state index >= 15 is 4.79 Å². The van der Waals surface area contributed by atoms with E-state index < -0.39 is 18.3 Å². The number of Topliss-reactive ketones (excluding diaryl/α,β-unsaturated/α-hetero) is 1. The number of aryl methyl sites for hydroxylation is 1. The molecule has 0 bridgehead atoms. The first-order chi connectivity index (χ1) is 27.9. The minimum absolute atomic E-state index is 0.0277. The lowest BCUT2D eigenvalue weighted by Crippen LogP contribution is -2.59. The van der Waals surface area contributed by atoms with Gasteiger partial charge in [0, 0.05) is 62.0 Å². The Kier molecular flexibility index (Phi) is 13.2. The Morgan fingerprint density at radius 1 is 0.879 bits per heavy atom. The molecule has 0 amide bonds. The highest BCUT2D eigenvalue weighted by atomic mass is 32.1. The normalized spacial score (nSPS) is 43.4. The van der Waals surface area contributed by atoms with Crippen LogP contribution in [0, 0.1) is 30.6 Å². The summed E-state index contributed by atoms with van der Waals surface area (Å²) >= 11 is 1.75. The fourth-order valence-electron chi connectivity index (χ4n) is 11.8. The summed E-state index contributed by atoms with van der Waals surface area (Å²) in [6.45, 7) is 10.3. The minimum Gasteiger partial charge on any atom is -0.462 e. The lowest BCUT2D eigenvalue weighted by molar-refractivity contribution is -0.314. The average Bonchev–Trinajstić information content (AvgIpc) is 3.70. The molecule has 4 heterocycles. The third kappa shape index (κ3) is 8.27. The van der Waals surface area contributed by atoms with Gasteiger partial charge in [0.15, 0.2) is 18.4 Å². The molecular weight excluding hydrogens is 761 g/mol. The van der Waals surface area contributed by atoms with E-state index in [4.69, 9.17) is 42.9 Å². The maximum atomic E-state index is 15.1. The molecule has 3 unspecified atom stereocenters. The van der Waals surface area contributed by atoms with Crippen molar-refractivity contribution in [3.63, 3.8) is 0 Å². The first-order valence-electron chi connectivity index (χ1n) is 22.3.